The highest BCUT2D eigenvalue weighted by Crippen LogP contribution is 2.39. The van der Waals surface area contributed by atoms with Crippen LogP contribution in [-0.4, -0.2) is 68.4 Å². The number of nitrogens with one attached hydrogen (secondary N) is 2. The Balaban J connectivity index is 2.78. The number of alkyl carbamates (subject to hydrolysis) is 1. The molecule has 1 fully saturated rings. The minimum absolute atomic E-state index is 0.0583. The molecule has 3 atom stereocenters. The number of carbonyl (C=O) groups is 3. The first-order valence-corrected chi connectivity index (χ1v) is 14.4. The maximum Gasteiger partial charge on any atom is 0.410 e. The zero-order valence-corrected chi connectivity index (χ0v) is 22.7. The van der Waals surface area contributed by atoms with E-state index < -0.39 is 26.2 Å². The summed E-state index contributed by atoms with van der Waals surface area (Å²) >= 11 is 0. The number of likely N-dealkylation sites (tertiary alicyclic amines) is 1. The number of ether oxygens (including phenoxy) is 2. The van der Waals surface area contributed by atoms with Gasteiger partial charge in [-0.1, -0.05) is 27.4 Å². The fourth-order valence-electron chi connectivity index (χ4n) is 3.21. The largest absolute Gasteiger partial charge is 0.444 e. The van der Waals surface area contributed by atoms with Crippen molar-refractivity contribution >= 4 is 26.4 Å². The fourth-order valence-corrected chi connectivity index (χ4v) is 4.56. The summed E-state index contributed by atoms with van der Waals surface area (Å²) in [5, 5.41) is 5.18. The smallest absolute Gasteiger partial charge is 0.410 e. The van der Waals surface area contributed by atoms with Crippen LogP contribution in [0.15, 0.2) is 12.7 Å². The Bertz CT molecular complexity index is 714. The van der Waals surface area contributed by atoms with Crippen molar-refractivity contribution < 1.29 is 28.3 Å². The van der Waals surface area contributed by atoms with Gasteiger partial charge in [-0.15, -0.1) is 0 Å². The van der Waals surface area contributed by atoms with Crippen LogP contribution in [-0.2, 0) is 18.7 Å². The Kier molecular flexibility index (Phi) is 9.98. The molecule has 1 aliphatic heterocycles. The van der Waals surface area contributed by atoms with Gasteiger partial charge in [0.15, 0.2) is 14.5 Å². The van der Waals surface area contributed by atoms with Crippen molar-refractivity contribution in [3.8, 4) is 0 Å². The average Bonchev–Trinajstić information content (AvgIpc) is 3.00. The minimum atomic E-state index is -2.01. The van der Waals surface area contributed by atoms with Gasteiger partial charge in [-0.2, -0.15) is 0 Å². The highest BCUT2D eigenvalue weighted by atomic mass is 28.4. The first-order valence-electron chi connectivity index (χ1n) is 11.5. The summed E-state index contributed by atoms with van der Waals surface area (Å²) in [6.07, 6.45) is 0.465. The van der Waals surface area contributed by atoms with Crippen LogP contribution < -0.4 is 10.6 Å². The number of rotatable bonds is 8. The van der Waals surface area contributed by atoms with Gasteiger partial charge in [-0.3, -0.25) is 4.79 Å². The maximum absolute atomic E-state index is 12.9. The van der Waals surface area contributed by atoms with Crippen LogP contribution in [0.2, 0.25) is 18.1 Å². The first-order chi connectivity index (χ1) is 14.9. The Hall–Kier alpha value is -2.07. The lowest BCUT2D eigenvalue weighted by Crippen LogP contribution is -2.45. The predicted molar refractivity (Wildman–Crippen MR) is 130 cm³/mol. The monoisotopic (exact) mass is 485 g/mol. The molecule has 0 bridgehead atoms. The number of hydrogen-bond acceptors (Lipinski definition) is 6. The topological polar surface area (TPSA) is 106 Å². The highest BCUT2D eigenvalue weighted by Gasteiger charge is 2.44. The quantitative estimate of drug-likeness (QED) is 0.304. The average molecular weight is 486 g/mol. The molecule has 1 aliphatic rings. The summed E-state index contributed by atoms with van der Waals surface area (Å²) in [5.41, 5.74) is -0.606. The standard InChI is InChI=1S/C23H43N3O6Si/c1-11-19(25-16(2)27)30-20(28)24-13-12-17-14-18(32-33(9,10)23(6,7)8)15-26(17)21(29)31-22(3,4)5/h11,17-19H,1,12-15H2,2-10H3,(H,24,28)(H,25,27)/t17-,18+,19?/m0/s1. The van der Waals surface area contributed by atoms with Crippen molar-refractivity contribution in [1.29, 1.82) is 0 Å². The van der Waals surface area contributed by atoms with Crippen molar-refractivity contribution in [1.82, 2.24) is 15.5 Å². The summed E-state index contributed by atoms with van der Waals surface area (Å²) in [7, 11) is -2.01. The second kappa shape index (κ2) is 11.4. The lowest BCUT2D eigenvalue weighted by atomic mass is 10.1. The number of amides is 3. The molecule has 33 heavy (non-hydrogen) atoms. The van der Waals surface area contributed by atoms with E-state index in [4.69, 9.17) is 13.9 Å². The van der Waals surface area contributed by atoms with Gasteiger partial charge in [0, 0.05) is 26.1 Å². The molecule has 0 saturated carbocycles. The lowest BCUT2D eigenvalue weighted by Gasteiger charge is -2.38. The second-order valence-electron chi connectivity index (χ2n) is 11.0. The van der Waals surface area contributed by atoms with Gasteiger partial charge < -0.3 is 29.4 Å². The van der Waals surface area contributed by atoms with Crippen LogP contribution in [0, 0.1) is 0 Å². The van der Waals surface area contributed by atoms with Gasteiger partial charge in [0.1, 0.15) is 5.60 Å². The molecule has 0 spiro atoms. The molecule has 0 radical (unpaired) electrons. The van der Waals surface area contributed by atoms with E-state index >= 15 is 0 Å². The van der Waals surface area contributed by atoms with Crippen LogP contribution in [0.4, 0.5) is 9.59 Å². The molecule has 9 nitrogen and oxygen atoms in total. The third-order valence-corrected chi connectivity index (χ3v) is 10.3. The van der Waals surface area contributed by atoms with Gasteiger partial charge >= 0.3 is 12.2 Å². The predicted octanol–water partition coefficient (Wildman–Crippen LogP) is 4.15. The molecule has 2 N–H and O–H groups in total. The van der Waals surface area contributed by atoms with Crippen LogP contribution >= 0.6 is 0 Å². The van der Waals surface area contributed by atoms with Gasteiger partial charge in [0.25, 0.3) is 0 Å². The Morgan fingerprint density at radius 2 is 1.79 bits per heavy atom. The molecule has 10 heteroatoms. The van der Waals surface area contributed by atoms with Crippen molar-refractivity contribution in [3.05, 3.63) is 12.7 Å². The van der Waals surface area contributed by atoms with Gasteiger partial charge in [-0.05, 0) is 57.8 Å². The van der Waals surface area contributed by atoms with E-state index in [-0.39, 0.29) is 29.2 Å². The Labute approximate surface area is 199 Å². The molecule has 0 aromatic heterocycles. The van der Waals surface area contributed by atoms with E-state index in [2.05, 4.69) is 51.1 Å². The van der Waals surface area contributed by atoms with Gasteiger partial charge in [0.2, 0.25) is 5.91 Å². The molecule has 3 amide bonds. The summed E-state index contributed by atoms with van der Waals surface area (Å²) in [4.78, 5) is 37.8. The van der Waals surface area contributed by atoms with Crippen LogP contribution in [0.3, 0.4) is 0 Å². The van der Waals surface area contributed by atoms with Crippen molar-refractivity contribution in [2.45, 2.75) is 103 Å². The number of hydrogen-bond donors (Lipinski definition) is 2. The van der Waals surface area contributed by atoms with Gasteiger partial charge in [0.05, 0.1) is 6.10 Å². The highest BCUT2D eigenvalue weighted by molar-refractivity contribution is 6.74. The third-order valence-electron chi connectivity index (χ3n) is 5.81. The molecule has 0 aromatic rings. The Morgan fingerprint density at radius 1 is 1.18 bits per heavy atom. The number of carbonyl (C=O) groups excluding carboxylic acids is 3. The zero-order valence-electron chi connectivity index (χ0n) is 21.7. The lowest BCUT2D eigenvalue weighted by molar-refractivity contribution is -0.121. The second-order valence-corrected chi connectivity index (χ2v) is 15.8. The van der Waals surface area contributed by atoms with Crippen LogP contribution in [0.5, 0.6) is 0 Å². The molecule has 1 rings (SSSR count). The molecule has 0 aliphatic carbocycles. The molecule has 1 unspecified atom stereocenters. The van der Waals surface area contributed by atoms with E-state index in [1.165, 1.54) is 13.0 Å². The van der Waals surface area contributed by atoms with Gasteiger partial charge in [-0.25, -0.2) is 9.59 Å². The SMILES string of the molecule is C=CC(NC(C)=O)OC(=O)NCC[C@H]1C[C@@H](O[Si](C)(C)C(C)(C)C)CN1C(=O)OC(C)(C)C. The molecular formula is C23H43N3O6Si. The molecule has 1 heterocycles. The zero-order chi connectivity index (χ0) is 25.6. The van der Waals surface area contributed by atoms with E-state index in [9.17, 15) is 14.4 Å². The van der Waals surface area contributed by atoms with Crippen molar-refractivity contribution in [3.63, 3.8) is 0 Å². The summed E-state index contributed by atoms with van der Waals surface area (Å²) in [6, 6.07) is -0.138. The van der Waals surface area contributed by atoms with Crippen LogP contribution in [0.25, 0.3) is 0 Å². The summed E-state index contributed by atoms with van der Waals surface area (Å²) < 4.78 is 17.3. The maximum atomic E-state index is 12.9. The van der Waals surface area contributed by atoms with Crippen molar-refractivity contribution in [2.24, 2.45) is 0 Å². The molecule has 190 valence electrons. The fraction of sp³-hybridized carbons (Fsp3) is 0.783. The first kappa shape index (κ1) is 29.0. The van der Waals surface area contributed by atoms with E-state index in [0.29, 0.717) is 25.9 Å². The van der Waals surface area contributed by atoms with E-state index in [1.807, 2.05) is 20.8 Å². The molecular weight excluding hydrogens is 442 g/mol. The summed E-state index contributed by atoms with van der Waals surface area (Å²) in [5.74, 6) is -0.334. The third kappa shape index (κ3) is 9.75. The molecule has 0 aromatic carbocycles. The Morgan fingerprint density at radius 3 is 2.27 bits per heavy atom. The van der Waals surface area contributed by atoms with Crippen molar-refractivity contribution in [2.75, 3.05) is 13.1 Å². The van der Waals surface area contributed by atoms with Crippen LogP contribution in [0.1, 0.15) is 61.3 Å². The van der Waals surface area contributed by atoms with E-state index in [1.54, 1.807) is 4.90 Å². The van der Waals surface area contributed by atoms with E-state index in [0.717, 1.165) is 0 Å². The normalized spacial score (nSPS) is 20.1. The minimum Gasteiger partial charge on any atom is -0.444 e. The summed E-state index contributed by atoms with van der Waals surface area (Å²) in [6.45, 7) is 22.1. The molecule has 1 saturated heterocycles. The number of nitrogens with zero attached hydrogens (tertiary/aromatic N) is 1.